The van der Waals surface area contributed by atoms with Gasteiger partial charge in [0.25, 0.3) is 0 Å². The molecule has 1 N–H and O–H groups in total. The number of nitrogens with zero attached hydrogens (tertiary/aromatic N) is 2. The second-order valence-electron chi connectivity index (χ2n) is 2.90. The predicted molar refractivity (Wildman–Crippen MR) is 47.5 cm³/mol. The number of rotatable bonds is 2. The molecule has 0 atom stereocenters. The molecule has 0 saturated carbocycles. The largest absolute Gasteiger partial charge is 0.416 e. The Morgan fingerprint density at radius 3 is 1.65 bits per heavy atom. The Balaban J connectivity index is 3.59. The molecule has 7 nitrogen and oxygen atoms in total. The average Bonchev–Trinajstić information content (AvgIpc) is 2.14. The quantitative estimate of drug-likeness (QED) is 0.592. The van der Waals surface area contributed by atoms with Crippen molar-refractivity contribution < 1.29 is 23.0 Å². The molecule has 0 unspecified atom stereocenters. The van der Waals surface area contributed by atoms with Crippen molar-refractivity contribution in [2.24, 2.45) is 0 Å². The summed E-state index contributed by atoms with van der Waals surface area (Å²) in [5.41, 5.74) is 1.85. The molecule has 1 radical (unpaired) electrons. The molecule has 0 spiro atoms. The summed E-state index contributed by atoms with van der Waals surface area (Å²) in [6.07, 6.45) is -4.96. The van der Waals surface area contributed by atoms with Crippen LogP contribution in [0.25, 0.3) is 0 Å². The van der Waals surface area contributed by atoms with Crippen LogP contribution in [-0.2, 0) is 6.18 Å². The summed E-state index contributed by atoms with van der Waals surface area (Å²) in [6.45, 7) is 0. The third kappa shape index (κ3) is 2.41. The normalized spacial score (nSPS) is 11.2. The van der Waals surface area contributed by atoms with Crippen molar-refractivity contribution in [3.63, 3.8) is 0 Å². The maximum absolute atomic E-state index is 12.3. The Morgan fingerprint density at radius 1 is 1.06 bits per heavy atom. The Bertz CT molecular complexity index is 465. The van der Waals surface area contributed by atoms with Crippen molar-refractivity contribution in [3.05, 3.63) is 37.9 Å². The van der Waals surface area contributed by atoms with Crippen LogP contribution in [0.1, 0.15) is 5.56 Å². The van der Waals surface area contributed by atoms with Gasteiger partial charge in [-0.2, -0.15) is 13.2 Å². The molecule has 91 valence electrons. The van der Waals surface area contributed by atoms with Gasteiger partial charge in [0, 0.05) is 12.1 Å². The fourth-order valence-electron chi connectivity index (χ4n) is 1.06. The van der Waals surface area contributed by atoms with Crippen LogP contribution in [0.3, 0.4) is 0 Å². The Labute approximate surface area is 90.9 Å². The van der Waals surface area contributed by atoms with Gasteiger partial charge in [0.1, 0.15) is 0 Å². The third-order valence-electron chi connectivity index (χ3n) is 1.82. The van der Waals surface area contributed by atoms with E-state index in [2.05, 4.69) is 0 Å². The second kappa shape index (κ2) is 3.88. The molecule has 0 amide bonds. The van der Waals surface area contributed by atoms with E-state index >= 15 is 0 Å². The number of nitro benzene ring substituents is 2. The number of nitrogens with one attached hydrogen (secondary N) is 1. The van der Waals surface area contributed by atoms with Crippen LogP contribution in [0.15, 0.2) is 12.1 Å². The summed E-state index contributed by atoms with van der Waals surface area (Å²) in [5.74, 6) is 0. The minimum atomic E-state index is -4.96. The molecule has 1 aromatic carbocycles. The smallest absolute Gasteiger partial charge is 0.288 e. The second-order valence-corrected chi connectivity index (χ2v) is 2.90. The average molecular weight is 250 g/mol. The summed E-state index contributed by atoms with van der Waals surface area (Å²) < 4.78 is 36.9. The van der Waals surface area contributed by atoms with Gasteiger partial charge in [0.2, 0.25) is 5.69 Å². The lowest BCUT2D eigenvalue weighted by atomic mass is 10.1. The molecule has 0 fully saturated rings. The first kappa shape index (κ1) is 12.7. The molecule has 0 bridgehead atoms. The summed E-state index contributed by atoms with van der Waals surface area (Å²) in [6, 6.07) is 0.185. The van der Waals surface area contributed by atoms with Gasteiger partial charge >= 0.3 is 17.6 Å². The molecule has 0 aliphatic heterocycles. The summed E-state index contributed by atoms with van der Waals surface area (Å²) in [4.78, 5) is 18.2. The van der Waals surface area contributed by atoms with Crippen molar-refractivity contribution in [1.29, 1.82) is 0 Å². The molecule has 0 saturated heterocycles. The first-order chi connectivity index (χ1) is 7.64. The van der Waals surface area contributed by atoms with E-state index in [-0.39, 0.29) is 12.1 Å². The van der Waals surface area contributed by atoms with E-state index in [1.165, 1.54) is 0 Å². The van der Waals surface area contributed by atoms with Crippen LogP contribution < -0.4 is 5.73 Å². The predicted octanol–water partition coefficient (Wildman–Crippen LogP) is 2.44. The first-order valence-electron chi connectivity index (χ1n) is 3.90. The number of nitro groups is 2. The maximum Gasteiger partial charge on any atom is 0.416 e. The van der Waals surface area contributed by atoms with Crippen LogP contribution in [0.5, 0.6) is 0 Å². The molecule has 0 aromatic heterocycles. The minimum Gasteiger partial charge on any atom is -0.288 e. The van der Waals surface area contributed by atoms with Crippen LogP contribution in [-0.4, -0.2) is 9.85 Å². The van der Waals surface area contributed by atoms with E-state index < -0.39 is 38.6 Å². The fourth-order valence-corrected chi connectivity index (χ4v) is 1.06. The molecular formula is C7H3F3N3O4. The Hall–Kier alpha value is -2.39. The lowest BCUT2D eigenvalue weighted by molar-refractivity contribution is -0.393. The van der Waals surface area contributed by atoms with Gasteiger partial charge in [0.15, 0.2) is 0 Å². The number of alkyl halides is 3. The van der Waals surface area contributed by atoms with Crippen LogP contribution in [0.2, 0.25) is 0 Å². The van der Waals surface area contributed by atoms with E-state index in [0.717, 1.165) is 0 Å². The highest BCUT2D eigenvalue weighted by Crippen LogP contribution is 2.39. The monoisotopic (exact) mass is 250 g/mol. The zero-order valence-corrected chi connectivity index (χ0v) is 7.82. The topological polar surface area (TPSA) is 110 Å². The SMILES string of the molecule is [NH]c1c([N+](=O)[O-])cc(C(F)(F)F)cc1[N+](=O)[O-]. The van der Waals surface area contributed by atoms with Gasteiger partial charge in [-0.25, -0.2) is 0 Å². The van der Waals surface area contributed by atoms with Gasteiger partial charge in [-0.15, -0.1) is 0 Å². The Kier molecular flexibility index (Phi) is 2.90. The van der Waals surface area contributed by atoms with Crippen molar-refractivity contribution in [1.82, 2.24) is 5.73 Å². The van der Waals surface area contributed by atoms with Crippen molar-refractivity contribution >= 4 is 17.1 Å². The Morgan fingerprint density at radius 2 is 1.41 bits per heavy atom. The van der Waals surface area contributed by atoms with Crippen LogP contribution in [0.4, 0.5) is 30.2 Å². The summed E-state index contributed by atoms with van der Waals surface area (Å²) >= 11 is 0. The minimum absolute atomic E-state index is 0.0926. The molecule has 17 heavy (non-hydrogen) atoms. The number of halogens is 3. The van der Waals surface area contributed by atoms with Crippen molar-refractivity contribution in [2.75, 3.05) is 0 Å². The maximum atomic E-state index is 12.3. The van der Waals surface area contributed by atoms with E-state index in [1.54, 1.807) is 0 Å². The molecule has 0 aliphatic rings. The van der Waals surface area contributed by atoms with E-state index in [1.807, 2.05) is 0 Å². The van der Waals surface area contributed by atoms with Gasteiger partial charge in [-0.3, -0.25) is 26.0 Å². The summed E-state index contributed by atoms with van der Waals surface area (Å²) in [7, 11) is 0. The molecule has 0 heterocycles. The zero-order valence-electron chi connectivity index (χ0n) is 7.82. The van der Waals surface area contributed by atoms with E-state index in [9.17, 15) is 33.4 Å². The highest BCUT2D eigenvalue weighted by molar-refractivity contribution is 5.69. The van der Waals surface area contributed by atoms with E-state index in [4.69, 9.17) is 5.73 Å². The summed E-state index contributed by atoms with van der Waals surface area (Å²) in [5, 5.41) is 20.7. The van der Waals surface area contributed by atoms with Crippen LogP contribution >= 0.6 is 0 Å². The first-order valence-corrected chi connectivity index (χ1v) is 3.90. The molecule has 0 aliphatic carbocycles. The van der Waals surface area contributed by atoms with Crippen LogP contribution in [0, 0.1) is 20.2 Å². The van der Waals surface area contributed by atoms with E-state index in [0.29, 0.717) is 0 Å². The number of benzene rings is 1. The third-order valence-corrected chi connectivity index (χ3v) is 1.82. The molecule has 1 rings (SSSR count). The van der Waals surface area contributed by atoms with Gasteiger partial charge in [-0.05, 0) is 0 Å². The highest BCUT2D eigenvalue weighted by Gasteiger charge is 2.37. The highest BCUT2D eigenvalue weighted by atomic mass is 19.4. The van der Waals surface area contributed by atoms with Crippen molar-refractivity contribution in [2.45, 2.75) is 6.18 Å². The fraction of sp³-hybridized carbons (Fsp3) is 0.143. The molecular weight excluding hydrogens is 247 g/mol. The molecule has 10 heteroatoms. The standard InChI is InChI=1S/C7H3F3N3O4/c8-7(9,10)3-1-4(12(14)15)6(11)5(2-3)13(16)17/h1-2,11H. The van der Waals surface area contributed by atoms with Gasteiger partial charge in [0.05, 0.1) is 15.4 Å². The lowest BCUT2D eigenvalue weighted by Crippen LogP contribution is -2.07. The zero-order chi connectivity index (χ0) is 13.4. The van der Waals surface area contributed by atoms with Crippen molar-refractivity contribution in [3.8, 4) is 0 Å². The van der Waals surface area contributed by atoms with Gasteiger partial charge < -0.3 is 0 Å². The molecule has 1 aromatic rings. The number of hydrogen-bond acceptors (Lipinski definition) is 4. The number of hydrogen-bond donors (Lipinski definition) is 0. The lowest BCUT2D eigenvalue weighted by Gasteiger charge is -2.07. The van der Waals surface area contributed by atoms with Gasteiger partial charge in [-0.1, -0.05) is 0 Å².